The van der Waals surface area contributed by atoms with E-state index in [1.165, 1.54) is 51.4 Å². The summed E-state index contributed by atoms with van der Waals surface area (Å²) >= 11 is 0. The lowest BCUT2D eigenvalue weighted by atomic mass is 9.95. The van der Waals surface area contributed by atoms with Gasteiger partial charge in [-0.15, -0.1) is 0 Å². The first-order valence-corrected chi connectivity index (χ1v) is 7.67. The van der Waals surface area contributed by atoms with Gasteiger partial charge in [0.05, 0.1) is 0 Å². The molecule has 1 amide bonds. The fourth-order valence-corrected chi connectivity index (χ4v) is 4.31. The second-order valence-electron chi connectivity index (χ2n) is 6.27. The third-order valence-corrected chi connectivity index (χ3v) is 5.23. The van der Waals surface area contributed by atoms with Gasteiger partial charge in [0.1, 0.15) is 0 Å². The third kappa shape index (κ3) is 2.23. The van der Waals surface area contributed by atoms with Crippen LogP contribution in [-0.4, -0.2) is 23.4 Å². The topological polar surface area (TPSA) is 20.3 Å². The average Bonchev–Trinajstić information content (AvgIpc) is 3.09. The summed E-state index contributed by atoms with van der Waals surface area (Å²) in [6.07, 6.45) is 12.9. The second kappa shape index (κ2) is 4.99. The van der Waals surface area contributed by atoms with Crippen molar-refractivity contribution in [3.8, 4) is 0 Å². The molecule has 0 N–H and O–H groups in total. The van der Waals surface area contributed by atoms with E-state index in [1.807, 2.05) is 0 Å². The number of carbonyl (C=O) groups is 1. The van der Waals surface area contributed by atoms with Gasteiger partial charge in [-0.3, -0.25) is 4.79 Å². The van der Waals surface area contributed by atoms with E-state index in [-0.39, 0.29) is 0 Å². The molecule has 2 saturated carbocycles. The van der Waals surface area contributed by atoms with Gasteiger partial charge in [0.25, 0.3) is 0 Å². The molecule has 1 aliphatic heterocycles. The fraction of sp³-hybridized carbons (Fsp3) is 0.933. The minimum Gasteiger partial charge on any atom is -0.339 e. The highest BCUT2D eigenvalue weighted by molar-refractivity contribution is 5.79. The zero-order valence-electron chi connectivity index (χ0n) is 10.9. The molecule has 0 radical (unpaired) electrons. The van der Waals surface area contributed by atoms with E-state index in [4.69, 9.17) is 0 Å². The first-order valence-electron chi connectivity index (χ1n) is 7.67. The maximum atomic E-state index is 12.5. The Morgan fingerprint density at radius 2 is 1.47 bits per heavy atom. The van der Waals surface area contributed by atoms with Crippen LogP contribution in [0.3, 0.4) is 0 Å². The van der Waals surface area contributed by atoms with E-state index < -0.39 is 0 Å². The van der Waals surface area contributed by atoms with E-state index in [9.17, 15) is 4.79 Å². The monoisotopic (exact) mass is 235 g/mol. The first kappa shape index (κ1) is 11.6. The molecule has 0 aromatic heterocycles. The lowest BCUT2D eigenvalue weighted by Crippen LogP contribution is -2.42. The van der Waals surface area contributed by atoms with Crippen LogP contribution >= 0.6 is 0 Å². The molecule has 1 heterocycles. The van der Waals surface area contributed by atoms with E-state index in [1.54, 1.807) is 0 Å². The van der Waals surface area contributed by atoms with Crippen molar-refractivity contribution < 1.29 is 4.79 Å². The molecule has 0 aromatic rings. The Kier molecular flexibility index (Phi) is 3.39. The lowest BCUT2D eigenvalue weighted by molar-refractivity contribution is -0.137. The van der Waals surface area contributed by atoms with Crippen LogP contribution in [0, 0.1) is 11.8 Å². The molecule has 0 spiro atoms. The molecule has 1 unspecified atom stereocenters. The predicted molar refractivity (Wildman–Crippen MR) is 68.7 cm³/mol. The Labute approximate surface area is 105 Å². The summed E-state index contributed by atoms with van der Waals surface area (Å²) in [5.74, 6) is 1.73. The van der Waals surface area contributed by atoms with Crippen molar-refractivity contribution in [1.29, 1.82) is 0 Å². The fourth-order valence-electron chi connectivity index (χ4n) is 4.31. The normalized spacial score (nSPS) is 31.5. The molecule has 1 atom stereocenters. The van der Waals surface area contributed by atoms with Crippen LogP contribution in [0.25, 0.3) is 0 Å². The molecule has 17 heavy (non-hydrogen) atoms. The van der Waals surface area contributed by atoms with Crippen LogP contribution in [0.4, 0.5) is 0 Å². The van der Waals surface area contributed by atoms with Crippen molar-refractivity contribution in [2.75, 3.05) is 6.54 Å². The molecule has 3 aliphatic rings. The zero-order valence-corrected chi connectivity index (χ0v) is 10.9. The quantitative estimate of drug-likeness (QED) is 0.718. The molecule has 96 valence electrons. The van der Waals surface area contributed by atoms with Crippen molar-refractivity contribution in [3.63, 3.8) is 0 Å². The van der Waals surface area contributed by atoms with Gasteiger partial charge in [-0.1, -0.05) is 25.7 Å². The Hall–Kier alpha value is -0.530. The third-order valence-electron chi connectivity index (χ3n) is 5.23. The summed E-state index contributed by atoms with van der Waals surface area (Å²) in [5.41, 5.74) is 0. The summed E-state index contributed by atoms with van der Waals surface area (Å²) < 4.78 is 0. The Morgan fingerprint density at radius 3 is 2.18 bits per heavy atom. The van der Waals surface area contributed by atoms with Crippen molar-refractivity contribution in [2.45, 2.75) is 70.3 Å². The summed E-state index contributed by atoms with van der Waals surface area (Å²) in [7, 11) is 0. The largest absolute Gasteiger partial charge is 0.339 e. The highest BCUT2D eigenvalue weighted by Gasteiger charge is 2.38. The van der Waals surface area contributed by atoms with Crippen LogP contribution in [0.2, 0.25) is 0 Å². The highest BCUT2D eigenvalue weighted by Crippen LogP contribution is 2.37. The van der Waals surface area contributed by atoms with Crippen LogP contribution in [0.5, 0.6) is 0 Å². The number of rotatable bonds is 2. The van der Waals surface area contributed by atoms with Crippen molar-refractivity contribution in [1.82, 2.24) is 4.90 Å². The van der Waals surface area contributed by atoms with Crippen molar-refractivity contribution >= 4 is 5.91 Å². The minimum atomic E-state index is 0.386. The van der Waals surface area contributed by atoms with Crippen LogP contribution < -0.4 is 0 Å². The molecular weight excluding hydrogens is 210 g/mol. The van der Waals surface area contributed by atoms with Crippen LogP contribution in [0.15, 0.2) is 0 Å². The van der Waals surface area contributed by atoms with Crippen molar-refractivity contribution in [2.24, 2.45) is 11.8 Å². The second-order valence-corrected chi connectivity index (χ2v) is 6.27. The summed E-state index contributed by atoms with van der Waals surface area (Å²) in [5, 5.41) is 0. The maximum absolute atomic E-state index is 12.5. The molecule has 0 aromatic carbocycles. The molecule has 2 aliphatic carbocycles. The molecule has 2 heteroatoms. The molecule has 3 rings (SSSR count). The van der Waals surface area contributed by atoms with Gasteiger partial charge >= 0.3 is 0 Å². The van der Waals surface area contributed by atoms with E-state index in [0.717, 1.165) is 25.3 Å². The Morgan fingerprint density at radius 1 is 0.824 bits per heavy atom. The first-order chi connectivity index (χ1) is 8.36. The average molecular weight is 235 g/mol. The number of carbonyl (C=O) groups excluding carboxylic acids is 1. The van der Waals surface area contributed by atoms with E-state index >= 15 is 0 Å². The summed E-state index contributed by atoms with van der Waals surface area (Å²) in [6, 6.07) is 0.616. The Bertz CT molecular complexity index is 277. The standard InChI is InChI=1S/C15H25NO/c17-15(13-8-3-4-9-13)16-11-5-10-14(16)12-6-1-2-7-12/h12-14H,1-11H2. The molecular formula is C15H25NO. The minimum absolute atomic E-state index is 0.386. The molecule has 0 bridgehead atoms. The number of amides is 1. The van der Waals surface area contributed by atoms with Gasteiger partial charge in [-0.25, -0.2) is 0 Å². The van der Waals surface area contributed by atoms with Gasteiger partial charge in [0, 0.05) is 18.5 Å². The number of hydrogen-bond acceptors (Lipinski definition) is 1. The molecule has 1 saturated heterocycles. The van der Waals surface area contributed by atoms with Gasteiger partial charge in [-0.05, 0) is 44.4 Å². The molecule has 3 fully saturated rings. The van der Waals surface area contributed by atoms with E-state index in [2.05, 4.69) is 4.90 Å². The smallest absolute Gasteiger partial charge is 0.225 e. The number of hydrogen-bond donors (Lipinski definition) is 0. The van der Waals surface area contributed by atoms with Gasteiger partial charge < -0.3 is 4.90 Å². The van der Waals surface area contributed by atoms with Gasteiger partial charge in [0.2, 0.25) is 5.91 Å². The van der Waals surface area contributed by atoms with Gasteiger partial charge in [0.15, 0.2) is 0 Å². The van der Waals surface area contributed by atoms with Crippen LogP contribution in [-0.2, 0) is 4.79 Å². The van der Waals surface area contributed by atoms with Crippen molar-refractivity contribution in [3.05, 3.63) is 0 Å². The highest BCUT2D eigenvalue weighted by atomic mass is 16.2. The number of likely N-dealkylation sites (tertiary alicyclic amines) is 1. The van der Waals surface area contributed by atoms with Gasteiger partial charge in [-0.2, -0.15) is 0 Å². The maximum Gasteiger partial charge on any atom is 0.225 e. The van der Waals surface area contributed by atoms with E-state index in [0.29, 0.717) is 17.9 Å². The lowest BCUT2D eigenvalue weighted by Gasteiger charge is -2.31. The SMILES string of the molecule is O=C(C1CCCC1)N1CCCC1C1CCCC1. The predicted octanol–water partition coefficient (Wildman–Crippen LogP) is 3.36. The molecule has 2 nitrogen and oxygen atoms in total. The zero-order chi connectivity index (χ0) is 11.7. The summed E-state index contributed by atoms with van der Waals surface area (Å²) in [4.78, 5) is 14.8. The number of nitrogens with zero attached hydrogens (tertiary/aromatic N) is 1. The Balaban J connectivity index is 1.65. The summed E-state index contributed by atoms with van der Waals surface area (Å²) in [6.45, 7) is 1.05. The van der Waals surface area contributed by atoms with Crippen LogP contribution in [0.1, 0.15) is 64.2 Å².